The van der Waals surface area contributed by atoms with Crippen molar-refractivity contribution in [2.75, 3.05) is 13.1 Å². The Morgan fingerprint density at radius 2 is 0.968 bits per heavy atom. The number of hydrogen-bond donors (Lipinski definition) is 0. The van der Waals surface area contributed by atoms with E-state index in [-0.39, 0.29) is 35.5 Å². The van der Waals surface area contributed by atoms with Crippen molar-refractivity contribution in [1.82, 2.24) is 28.9 Å². The van der Waals surface area contributed by atoms with Crippen LogP contribution in [0.15, 0.2) is 109 Å². The second kappa shape index (κ2) is 17.2. The van der Waals surface area contributed by atoms with Gasteiger partial charge in [0.25, 0.3) is 0 Å². The second-order valence-corrected chi connectivity index (χ2v) is 17.4. The molecule has 0 saturated carbocycles. The molecule has 4 aromatic carbocycles. The average Bonchev–Trinajstić information content (AvgIpc) is 4.07. The Morgan fingerprint density at radius 3 is 1.35 bits per heavy atom. The van der Waals surface area contributed by atoms with Crippen LogP contribution in [-0.4, -0.2) is 65.9 Å². The maximum Gasteiger partial charge on any atom is 0.250 e. The molecule has 316 valence electrons. The number of fused-ring (bicyclic) bond motifs is 2. The minimum atomic E-state index is -0.199. The molecule has 0 N–H and O–H groups in total. The first-order chi connectivity index (χ1) is 29.9. The van der Waals surface area contributed by atoms with Crippen molar-refractivity contribution in [2.45, 2.75) is 91.1 Å². The van der Waals surface area contributed by atoms with Gasteiger partial charge in [0, 0.05) is 60.1 Å². The summed E-state index contributed by atoms with van der Waals surface area (Å²) >= 11 is 0. The Bertz CT molecular complexity index is 2570. The van der Waals surface area contributed by atoms with E-state index in [1.807, 2.05) is 82.1 Å². The molecule has 2 aliphatic heterocycles. The number of piperidine rings is 2. The highest BCUT2D eigenvalue weighted by atomic mass is 19.1. The maximum atomic E-state index is 13.6. The Hall–Kier alpha value is -6.42. The first kappa shape index (κ1) is 41.0. The van der Waals surface area contributed by atoms with E-state index in [1.165, 1.54) is 12.1 Å². The molecular formula is C52H52F2N6O2. The molecule has 4 heterocycles. The summed E-state index contributed by atoms with van der Waals surface area (Å²) < 4.78 is 31.2. The van der Waals surface area contributed by atoms with Crippen LogP contribution in [0.5, 0.6) is 0 Å². The number of aryl methyl sites for hydroxylation is 4. The third-order valence-electron chi connectivity index (χ3n) is 12.9. The van der Waals surface area contributed by atoms with Crippen LogP contribution in [-0.2, 0) is 35.3 Å². The molecule has 0 radical (unpaired) electrons. The standard InChI is InChI=1S/2C26H26FN3O/c2*1-17-10-19(5-8-25(17)29-15-18(2)28-16-29)11-21-4-3-9-30(26(21)31)24-13-20-6-7-23(27)12-22(20)14-24/h2*5-8,10-12,15-16,24H,3-4,9,13-14H2,1-2H3/b2*21-11+/t2*24-/m10/s1. The largest absolute Gasteiger partial charge is 0.335 e. The van der Waals surface area contributed by atoms with Gasteiger partial charge >= 0.3 is 0 Å². The molecule has 6 aromatic rings. The predicted molar refractivity (Wildman–Crippen MR) is 239 cm³/mol. The van der Waals surface area contributed by atoms with Crippen LogP contribution in [0.1, 0.15) is 81.6 Å². The number of aromatic nitrogens is 4. The Balaban J connectivity index is 0.000000158. The number of amides is 2. The molecule has 0 bridgehead atoms. The van der Waals surface area contributed by atoms with E-state index in [1.54, 1.807) is 12.1 Å². The lowest BCUT2D eigenvalue weighted by atomic mass is 9.97. The molecule has 8 nitrogen and oxygen atoms in total. The van der Waals surface area contributed by atoms with Crippen molar-refractivity contribution in [2.24, 2.45) is 0 Å². The lowest BCUT2D eigenvalue weighted by Gasteiger charge is -2.33. The van der Waals surface area contributed by atoms with Gasteiger partial charge in [-0.1, -0.05) is 24.3 Å². The molecule has 10 heteroatoms. The lowest BCUT2D eigenvalue weighted by molar-refractivity contribution is -0.131. The van der Waals surface area contributed by atoms with E-state index < -0.39 is 0 Å². The number of carbonyl (C=O) groups excluding carboxylic acids is 2. The average molecular weight is 831 g/mol. The molecule has 10 rings (SSSR count). The van der Waals surface area contributed by atoms with Gasteiger partial charge in [-0.05, 0) is 184 Å². The summed E-state index contributed by atoms with van der Waals surface area (Å²) in [5.41, 5.74) is 14.6. The summed E-state index contributed by atoms with van der Waals surface area (Å²) in [7, 11) is 0. The molecule has 0 spiro atoms. The van der Waals surface area contributed by atoms with Gasteiger partial charge in [-0.3, -0.25) is 9.59 Å². The molecule has 0 unspecified atom stereocenters. The molecule has 62 heavy (non-hydrogen) atoms. The van der Waals surface area contributed by atoms with Crippen molar-refractivity contribution in [3.8, 4) is 11.4 Å². The van der Waals surface area contributed by atoms with Crippen molar-refractivity contribution in [3.63, 3.8) is 0 Å². The normalized spacial score (nSPS) is 19.8. The number of carbonyl (C=O) groups is 2. The Morgan fingerprint density at radius 1 is 0.548 bits per heavy atom. The van der Waals surface area contributed by atoms with E-state index >= 15 is 0 Å². The van der Waals surface area contributed by atoms with Gasteiger partial charge in [0.05, 0.1) is 24.0 Å². The Labute approximate surface area is 362 Å². The zero-order valence-electron chi connectivity index (χ0n) is 35.9. The SMILES string of the molecule is Cc1cn(-c2ccc(/C=C3\CCCN([C@@H]4Cc5ccc(F)cc5C4)C3=O)cc2C)cn1.Cc1cn(-c2ccc(/C=C3\CCCN([C@H]4Cc5ccc(F)cc5C4)C3=O)cc2C)cn1. The van der Waals surface area contributed by atoms with Gasteiger partial charge in [-0.15, -0.1) is 0 Å². The summed E-state index contributed by atoms with van der Waals surface area (Å²) in [4.78, 5) is 39.2. The first-order valence-corrected chi connectivity index (χ1v) is 21.8. The number of likely N-dealkylation sites (tertiary alicyclic amines) is 2. The highest BCUT2D eigenvalue weighted by Gasteiger charge is 2.35. The zero-order chi connectivity index (χ0) is 43.1. The van der Waals surface area contributed by atoms with Gasteiger partial charge in [0.1, 0.15) is 11.6 Å². The van der Waals surface area contributed by atoms with Gasteiger partial charge in [0.15, 0.2) is 0 Å². The number of halogens is 2. The van der Waals surface area contributed by atoms with Crippen molar-refractivity contribution < 1.29 is 18.4 Å². The van der Waals surface area contributed by atoms with Crippen LogP contribution in [0.4, 0.5) is 8.78 Å². The van der Waals surface area contributed by atoms with Crippen molar-refractivity contribution >= 4 is 24.0 Å². The first-order valence-electron chi connectivity index (χ1n) is 21.8. The monoisotopic (exact) mass is 830 g/mol. The van der Waals surface area contributed by atoms with E-state index in [0.29, 0.717) is 0 Å². The van der Waals surface area contributed by atoms with Crippen LogP contribution >= 0.6 is 0 Å². The van der Waals surface area contributed by atoms with E-state index in [0.717, 1.165) is 143 Å². The van der Waals surface area contributed by atoms with E-state index in [4.69, 9.17) is 0 Å². The fourth-order valence-electron chi connectivity index (χ4n) is 9.82. The number of nitrogens with zero attached hydrogens (tertiary/aromatic N) is 6. The lowest BCUT2D eigenvalue weighted by Crippen LogP contribution is -2.44. The summed E-state index contributed by atoms with van der Waals surface area (Å²) in [6.45, 7) is 9.66. The molecule has 2 aromatic heterocycles. The quantitative estimate of drug-likeness (QED) is 0.157. The minimum absolute atomic E-state index is 0.122. The summed E-state index contributed by atoms with van der Waals surface area (Å²) in [6, 6.07) is 22.8. The molecule has 2 aliphatic carbocycles. The maximum absolute atomic E-state index is 13.6. The van der Waals surface area contributed by atoms with Gasteiger partial charge < -0.3 is 18.9 Å². The highest BCUT2D eigenvalue weighted by molar-refractivity contribution is 5.99. The van der Waals surface area contributed by atoms with Crippen molar-refractivity contribution in [1.29, 1.82) is 0 Å². The third kappa shape index (κ3) is 8.56. The van der Waals surface area contributed by atoms with Crippen LogP contribution in [0, 0.1) is 39.3 Å². The van der Waals surface area contributed by atoms with Crippen LogP contribution in [0.2, 0.25) is 0 Å². The Kier molecular flexibility index (Phi) is 11.3. The number of imidazole rings is 2. The van der Waals surface area contributed by atoms with E-state index in [2.05, 4.69) is 60.2 Å². The second-order valence-electron chi connectivity index (χ2n) is 17.4. The fourth-order valence-corrected chi connectivity index (χ4v) is 9.82. The topological polar surface area (TPSA) is 76.3 Å². The third-order valence-corrected chi connectivity index (χ3v) is 12.9. The number of benzene rings is 4. The number of rotatable bonds is 6. The van der Waals surface area contributed by atoms with Crippen LogP contribution < -0.4 is 0 Å². The van der Waals surface area contributed by atoms with Gasteiger partial charge in [-0.25, -0.2) is 18.7 Å². The van der Waals surface area contributed by atoms with Gasteiger partial charge in [0.2, 0.25) is 11.8 Å². The van der Waals surface area contributed by atoms with Crippen molar-refractivity contribution in [3.05, 3.63) is 177 Å². The summed E-state index contributed by atoms with van der Waals surface area (Å²) in [6.07, 6.45) is 18.4. The van der Waals surface area contributed by atoms with Crippen LogP contribution in [0.3, 0.4) is 0 Å². The molecule has 2 fully saturated rings. The molecule has 4 aliphatic rings. The van der Waals surface area contributed by atoms with Gasteiger partial charge in [-0.2, -0.15) is 0 Å². The molecule has 2 saturated heterocycles. The smallest absolute Gasteiger partial charge is 0.250 e. The molecular weight excluding hydrogens is 779 g/mol. The zero-order valence-corrected chi connectivity index (χ0v) is 35.9. The highest BCUT2D eigenvalue weighted by Crippen LogP contribution is 2.33. The fraction of sp³-hybridized carbons (Fsp3) is 0.308. The number of hydrogen-bond acceptors (Lipinski definition) is 4. The predicted octanol–water partition coefficient (Wildman–Crippen LogP) is 9.60. The summed E-state index contributed by atoms with van der Waals surface area (Å²) in [5.74, 6) is -0.155. The molecule has 2 amide bonds. The van der Waals surface area contributed by atoms with Crippen LogP contribution in [0.25, 0.3) is 23.5 Å². The minimum Gasteiger partial charge on any atom is -0.335 e. The van der Waals surface area contributed by atoms with E-state index in [9.17, 15) is 18.4 Å². The summed E-state index contributed by atoms with van der Waals surface area (Å²) in [5, 5.41) is 0. The molecule has 2 atom stereocenters.